The first-order valence-electron chi connectivity index (χ1n) is 9.92. The standard InChI is InChI=1S/C21H25N3O7S/c1-21(2)10-8-9(12-6-7-13(22)24(12)3)4-5-11(10)23-20(31-21)32-19-16(27)14(25)15(26)17(30-19)18(28)29/h4-8,14-17,19,25-27H,22H2,1-3H3,(H,28,29). The van der Waals surface area contributed by atoms with Crippen LogP contribution in [0.25, 0.3) is 11.3 Å². The van der Waals surface area contributed by atoms with E-state index in [9.17, 15) is 25.2 Å². The van der Waals surface area contributed by atoms with Gasteiger partial charge >= 0.3 is 5.97 Å². The number of nitrogens with two attached hydrogens (primary N) is 1. The van der Waals surface area contributed by atoms with E-state index in [4.69, 9.17) is 15.2 Å². The summed E-state index contributed by atoms with van der Waals surface area (Å²) in [6.45, 7) is 3.72. The van der Waals surface area contributed by atoms with E-state index in [1.54, 1.807) is 0 Å². The Kier molecular flexibility index (Phi) is 5.72. The summed E-state index contributed by atoms with van der Waals surface area (Å²) in [5, 5.41) is 39.6. The van der Waals surface area contributed by atoms with Gasteiger partial charge in [0.25, 0.3) is 5.23 Å². The Morgan fingerprint density at radius 1 is 1.16 bits per heavy atom. The Labute approximate surface area is 188 Å². The van der Waals surface area contributed by atoms with Crippen LogP contribution in [0.2, 0.25) is 0 Å². The van der Waals surface area contributed by atoms with Crippen LogP contribution in [0.5, 0.6) is 0 Å². The molecule has 10 nitrogen and oxygen atoms in total. The summed E-state index contributed by atoms with van der Waals surface area (Å²) in [5.41, 5.74) is 7.32. The molecule has 0 aliphatic carbocycles. The maximum atomic E-state index is 11.3. The number of hydrogen-bond donors (Lipinski definition) is 5. The normalized spacial score (nSPS) is 29.1. The third-order valence-corrected chi connectivity index (χ3v) is 6.68. The Hall–Kier alpha value is -2.57. The third kappa shape index (κ3) is 3.86. The number of aliphatic imine (C=N–C) groups is 1. The van der Waals surface area contributed by atoms with Crippen LogP contribution in [0.3, 0.4) is 0 Å². The van der Waals surface area contributed by atoms with Gasteiger partial charge in [0.15, 0.2) is 6.10 Å². The molecule has 1 aromatic heterocycles. The first-order valence-corrected chi connectivity index (χ1v) is 10.8. The predicted molar refractivity (Wildman–Crippen MR) is 118 cm³/mol. The van der Waals surface area contributed by atoms with Crippen molar-refractivity contribution in [3.63, 3.8) is 0 Å². The molecule has 2 aromatic rings. The molecule has 0 spiro atoms. The molecule has 11 heteroatoms. The van der Waals surface area contributed by atoms with E-state index in [0.717, 1.165) is 28.6 Å². The molecule has 0 bridgehead atoms. The van der Waals surface area contributed by atoms with E-state index in [1.165, 1.54) is 0 Å². The molecule has 0 saturated carbocycles. The number of thioether (sulfide) groups is 1. The SMILES string of the molecule is Cn1c(N)ccc1-c1ccc2c(c1)C(C)(C)OC(SC1OC(C(=O)O)C(O)C(O)C1O)=N2. The number of rotatable bonds is 3. The zero-order valence-electron chi connectivity index (χ0n) is 17.7. The fourth-order valence-electron chi connectivity index (χ4n) is 3.79. The number of anilines is 1. The lowest BCUT2D eigenvalue weighted by atomic mass is 9.93. The highest BCUT2D eigenvalue weighted by molar-refractivity contribution is 8.14. The molecule has 1 aromatic carbocycles. The van der Waals surface area contributed by atoms with Crippen LogP contribution in [-0.4, -0.2) is 66.0 Å². The number of aliphatic carboxylic acids is 1. The molecule has 32 heavy (non-hydrogen) atoms. The number of carboxylic acid groups (broad SMARTS) is 1. The van der Waals surface area contributed by atoms with Gasteiger partial charge in [0.05, 0.1) is 5.69 Å². The van der Waals surface area contributed by atoms with Gasteiger partial charge in [-0.05, 0) is 55.4 Å². The summed E-state index contributed by atoms with van der Waals surface area (Å²) in [6, 6.07) is 9.48. The molecule has 3 heterocycles. The highest BCUT2D eigenvalue weighted by Gasteiger charge is 2.48. The fourth-order valence-corrected chi connectivity index (χ4v) is 4.87. The number of nitrogens with zero attached hydrogens (tertiary/aromatic N) is 2. The van der Waals surface area contributed by atoms with Crippen molar-refractivity contribution in [3.05, 3.63) is 35.9 Å². The summed E-state index contributed by atoms with van der Waals surface area (Å²) in [4.78, 5) is 15.8. The predicted octanol–water partition coefficient (Wildman–Crippen LogP) is 1.15. The zero-order chi connectivity index (χ0) is 23.4. The maximum Gasteiger partial charge on any atom is 0.335 e. The van der Waals surface area contributed by atoms with Crippen molar-refractivity contribution in [1.29, 1.82) is 0 Å². The van der Waals surface area contributed by atoms with Gasteiger partial charge in [-0.25, -0.2) is 9.79 Å². The lowest BCUT2D eigenvalue weighted by Gasteiger charge is -2.39. The average molecular weight is 464 g/mol. The first kappa shape index (κ1) is 22.6. The lowest BCUT2D eigenvalue weighted by Crippen LogP contribution is -2.59. The Morgan fingerprint density at radius 2 is 1.88 bits per heavy atom. The number of aromatic nitrogens is 1. The Balaban J connectivity index is 1.63. The summed E-state index contributed by atoms with van der Waals surface area (Å²) >= 11 is 0.849. The second-order valence-electron chi connectivity index (χ2n) is 8.28. The molecule has 0 radical (unpaired) electrons. The number of aliphatic hydroxyl groups is 3. The minimum Gasteiger partial charge on any atom is -0.479 e. The van der Waals surface area contributed by atoms with Crippen LogP contribution >= 0.6 is 11.8 Å². The van der Waals surface area contributed by atoms with Crippen LogP contribution in [0.1, 0.15) is 19.4 Å². The second-order valence-corrected chi connectivity index (χ2v) is 9.33. The molecule has 0 amide bonds. The number of fused-ring (bicyclic) bond motifs is 1. The van der Waals surface area contributed by atoms with Gasteiger partial charge in [-0.3, -0.25) is 0 Å². The summed E-state index contributed by atoms with van der Waals surface area (Å²) < 4.78 is 13.2. The molecule has 2 aliphatic heterocycles. The number of nitrogen functional groups attached to an aromatic ring is 1. The van der Waals surface area contributed by atoms with Gasteiger partial charge in [0, 0.05) is 18.3 Å². The van der Waals surface area contributed by atoms with Gasteiger partial charge < -0.3 is 40.2 Å². The molecule has 5 atom stereocenters. The molecule has 172 valence electrons. The smallest absolute Gasteiger partial charge is 0.335 e. The van der Waals surface area contributed by atoms with Crippen molar-refractivity contribution in [2.45, 2.75) is 49.3 Å². The second kappa shape index (κ2) is 8.09. The monoisotopic (exact) mass is 463 g/mol. The number of carbonyl (C=O) groups is 1. The van der Waals surface area contributed by atoms with Gasteiger partial charge in [-0.2, -0.15) is 0 Å². The highest BCUT2D eigenvalue weighted by atomic mass is 32.2. The van der Waals surface area contributed by atoms with E-state index >= 15 is 0 Å². The Morgan fingerprint density at radius 3 is 2.50 bits per heavy atom. The van der Waals surface area contributed by atoms with E-state index in [0.29, 0.717) is 11.5 Å². The van der Waals surface area contributed by atoms with Crippen molar-refractivity contribution in [2.75, 3.05) is 5.73 Å². The molecule has 1 saturated heterocycles. The number of ether oxygens (including phenoxy) is 2. The van der Waals surface area contributed by atoms with Gasteiger partial charge in [0.1, 0.15) is 35.2 Å². The largest absolute Gasteiger partial charge is 0.479 e. The Bertz CT molecular complexity index is 1080. The van der Waals surface area contributed by atoms with Crippen LogP contribution in [0, 0.1) is 0 Å². The van der Waals surface area contributed by atoms with Gasteiger partial charge in [-0.15, -0.1) is 0 Å². The minimum atomic E-state index is -1.75. The summed E-state index contributed by atoms with van der Waals surface area (Å²) in [6.07, 6.45) is -6.66. The molecular formula is C21H25N3O7S. The van der Waals surface area contributed by atoms with Crippen molar-refractivity contribution < 1.29 is 34.7 Å². The van der Waals surface area contributed by atoms with Crippen molar-refractivity contribution in [1.82, 2.24) is 4.57 Å². The first-order chi connectivity index (χ1) is 15.0. The van der Waals surface area contributed by atoms with Crippen LogP contribution in [-0.2, 0) is 26.9 Å². The lowest BCUT2D eigenvalue weighted by molar-refractivity contribution is -0.209. The van der Waals surface area contributed by atoms with Crippen LogP contribution in [0.4, 0.5) is 11.5 Å². The average Bonchev–Trinajstić information content (AvgIpc) is 3.06. The van der Waals surface area contributed by atoms with Crippen LogP contribution in [0.15, 0.2) is 35.3 Å². The number of carboxylic acids is 1. The molecule has 5 unspecified atom stereocenters. The van der Waals surface area contributed by atoms with Crippen molar-refractivity contribution in [3.8, 4) is 11.3 Å². The maximum absolute atomic E-state index is 11.3. The zero-order valence-corrected chi connectivity index (χ0v) is 18.5. The van der Waals surface area contributed by atoms with E-state index in [-0.39, 0.29) is 5.23 Å². The minimum absolute atomic E-state index is 0.148. The number of hydrogen-bond acceptors (Lipinski definition) is 9. The molecule has 6 N–H and O–H groups in total. The summed E-state index contributed by atoms with van der Waals surface area (Å²) in [5.74, 6) is -0.803. The number of benzene rings is 1. The topological polar surface area (TPSA) is 160 Å². The van der Waals surface area contributed by atoms with Crippen molar-refractivity contribution >= 4 is 34.5 Å². The third-order valence-electron chi connectivity index (χ3n) is 5.69. The fraction of sp³-hybridized carbons (Fsp3) is 0.429. The van der Waals surface area contributed by atoms with E-state index < -0.39 is 41.4 Å². The van der Waals surface area contributed by atoms with Gasteiger partial charge in [-0.1, -0.05) is 6.07 Å². The molecule has 4 rings (SSSR count). The molecular weight excluding hydrogens is 438 g/mol. The highest BCUT2D eigenvalue weighted by Crippen LogP contribution is 2.43. The molecule has 1 fully saturated rings. The van der Waals surface area contributed by atoms with E-state index in [2.05, 4.69) is 4.99 Å². The van der Waals surface area contributed by atoms with Crippen LogP contribution < -0.4 is 5.73 Å². The number of aliphatic hydroxyl groups excluding tert-OH is 3. The quantitative estimate of drug-likeness (QED) is 0.450. The van der Waals surface area contributed by atoms with E-state index in [1.807, 2.05) is 55.8 Å². The molecule has 2 aliphatic rings. The summed E-state index contributed by atoms with van der Waals surface area (Å²) in [7, 11) is 1.88. The van der Waals surface area contributed by atoms with Crippen molar-refractivity contribution in [2.24, 2.45) is 12.0 Å². The van der Waals surface area contributed by atoms with Gasteiger partial charge in [0.2, 0.25) is 0 Å².